The number of Topliss-reactive ketones (excluding diaryl/α,β-unsaturated/α-hetero) is 1. The lowest BCUT2D eigenvalue weighted by molar-refractivity contribution is -0.0126. The lowest BCUT2D eigenvalue weighted by Gasteiger charge is -2.34. The minimum absolute atomic E-state index is 0.00959. The van der Waals surface area contributed by atoms with Crippen molar-refractivity contribution in [2.24, 2.45) is 0 Å². The average molecular weight is 466 g/mol. The van der Waals surface area contributed by atoms with Gasteiger partial charge in [0.25, 0.3) is 0 Å². The molecule has 0 aliphatic carbocycles. The Morgan fingerprint density at radius 1 is 0.882 bits per heavy atom. The largest absolute Gasteiger partial charge is 0.508 e. The first-order valence-electron chi connectivity index (χ1n) is 10.6. The van der Waals surface area contributed by atoms with Crippen molar-refractivity contribution in [3.8, 4) is 40.2 Å². The quantitative estimate of drug-likeness (QED) is 0.456. The minimum atomic E-state index is -0.736. The van der Waals surface area contributed by atoms with Crippen LogP contribution in [0.1, 0.15) is 40.1 Å². The third-order valence-corrected chi connectivity index (χ3v) is 5.91. The van der Waals surface area contributed by atoms with Gasteiger partial charge in [-0.25, -0.2) is 0 Å². The first-order chi connectivity index (χ1) is 16.4. The van der Waals surface area contributed by atoms with E-state index in [0.717, 1.165) is 6.07 Å². The molecule has 4 N–H and O–H groups in total. The number of ketones is 1. The van der Waals surface area contributed by atoms with Gasteiger partial charge in [0.1, 0.15) is 28.9 Å². The standard InChI is InChI=1S/C25H22O9/c1-31-20-7-13(2-4-15(20)28)25-23(11-26)33-21-6-12(3-5-18(21)34-25)19-10-17(30)24-16(29)8-14(27)9-22(24)32-19/h2-9,19,23,25-29H,10-11H2,1H3/t19-,23+,25+/m0/s1. The smallest absolute Gasteiger partial charge is 0.174 e. The van der Waals surface area contributed by atoms with E-state index in [1.807, 2.05) is 0 Å². The molecule has 2 aliphatic heterocycles. The first kappa shape index (κ1) is 21.7. The molecule has 0 saturated carbocycles. The number of aromatic hydroxyl groups is 3. The first-order valence-corrected chi connectivity index (χ1v) is 10.6. The van der Waals surface area contributed by atoms with Crippen LogP contribution in [0.2, 0.25) is 0 Å². The normalized spacial score (nSPS) is 20.9. The maximum atomic E-state index is 12.6. The Bertz CT molecular complexity index is 1270. The van der Waals surface area contributed by atoms with Crippen molar-refractivity contribution in [2.75, 3.05) is 13.7 Å². The molecule has 0 spiro atoms. The van der Waals surface area contributed by atoms with Crippen molar-refractivity contribution < 1.29 is 44.2 Å². The van der Waals surface area contributed by atoms with Crippen LogP contribution in [0.4, 0.5) is 0 Å². The molecule has 0 saturated heterocycles. The fourth-order valence-corrected chi connectivity index (χ4v) is 4.25. The molecule has 0 unspecified atom stereocenters. The van der Waals surface area contributed by atoms with Gasteiger partial charge in [-0.15, -0.1) is 0 Å². The number of carbonyl (C=O) groups is 1. The van der Waals surface area contributed by atoms with Crippen molar-refractivity contribution in [3.05, 3.63) is 65.2 Å². The molecular weight excluding hydrogens is 444 g/mol. The fourth-order valence-electron chi connectivity index (χ4n) is 4.25. The molecular formula is C25H22O9. The van der Waals surface area contributed by atoms with Gasteiger partial charge in [-0.2, -0.15) is 0 Å². The second-order valence-corrected chi connectivity index (χ2v) is 8.09. The highest BCUT2D eigenvalue weighted by molar-refractivity contribution is 6.02. The SMILES string of the molecule is COc1cc([C@H]2Oc3ccc([C@@H]4CC(=O)c5c(O)cc(O)cc5O4)cc3O[C@@H]2CO)ccc1O. The summed E-state index contributed by atoms with van der Waals surface area (Å²) >= 11 is 0. The van der Waals surface area contributed by atoms with Gasteiger partial charge in [0, 0.05) is 17.7 Å². The van der Waals surface area contributed by atoms with E-state index in [4.69, 9.17) is 18.9 Å². The Morgan fingerprint density at radius 3 is 2.44 bits per heavy atom. The van der Waals surface area contributed by atoms with Gasteiger partial charge in [-0.05, 0) is 29.8 Å². The predicted octanol–water partition coefficient (Wildman–Crippen LogP) is 3.39. The number of aliphatic hydroxyl groups excluding tert-OH is 1. The number of hydrogen-bond acceptors (Lipinski definition) is 9. The highest BCUT2D eigenvalue weighted by atomic mass is 16.6. The molecule has 0 amide bonds. The number of carbonyl (C=O) groups excluding carboxylic acids is 1. The molecule has 9 nitrogen and oxygen atoms in total. The Hall–Kier alpha value is -4.11. The van der Waals surface area contributed by atoms with Crippen LogP contribution in [0.3, 0.4) is 0 Å². The molecule has 0 aromatic heterocycles. The van der Waals surface area contributed by atoms with E-state index in [1.165, 1.54) is 19.2 Å². The molecule has 5 rings (SSSR count). The molecule has 2 heterocycles. The van der Waals surface area contributed by atoms with Gasteiger partial charge >= 0.3 is 0 Å². The number of hydrogen-bond donors (Lipinski definition) is 4. The number of aliphatic hydroxyl groups is 1. The molecule has 2 aliphatic rings. The Kier molecular flexibility index (Phi) is 5.33. The molecule has 0 radical (unpaired) electrons. The van der Waals surface area contributed by atoms with Gasteiger partial charge in [0.15, 0.2) is 41.0 Å². The van der Waals surface area contributed by atoms with Crippen molar-refractivity contribution in [3.63, 3.8) is 0 Å². The zero-order valence-electron chi connectivity index (χ0n) is 18.1. The second-order valence-electron chi connectivity index (χ2n) is 8.09. The highest BCUT2D eigenvalue weighted by Gasteiger charge is 2.35. The minimum Gasteiger partial charge on any atom is -0.508 e. The van der Waals surface area contributed by atoms with Crippen molar-refractivity contribution in [2.45, 2.75) is 24.7 Å². The Balaban J connectivity index is 1.43. The zero-order chi connectivity index (χ0) is 24.0. The molecule has 9 heteroatoms. The van der Waals surface area contributed by atoms with Crippen LogP contribution in [0.25, 0.3) is 0 Å². The van der Waals surface area contributed by atoms with E-state index >= 15 is 0 Å². The Morgan fingerprint density at radius 2 is 1.68 bits per heavy atom. The topological polar surface area (TPSA) is 135 Å². The number of methoxy groups -OCH3 is 1. The van der Waals surface area contributed by atoms with Crippen LogP contribution in [0, 0.1) is 0 Å². The fraction of sp³-hybridized carbons (Fsp3) is 0.240. The van der Waals surface area contributed by atoms with E-state index in [1.54, 1.807) is 30.3 Å². The molecule has 0 fully saturated rings. The van der Waals surface area contributed by atoms with Crippen molar-refractivity contribution >= 4 is 5.78 Å². The molecule has 0 bridgehead atoms. The highest BCUT2D eigenvalue weighted by Crippen LogP contribution is 2.45. The third-order valence-electron chi connectivity index (χ3n) is 5.91. The third kappa shape index (κ3) is 3.69. The number of phenols is 3. The van der Waals surface area contributed by atoms with Crippen LogP contribution in [-0.4, -0.2) is 46.0 Å². The van der Waals surface area contributed by atoms with Gasteiger partial charge in [-0.1, -0.05) is 12.1 Å². The summed E-state index contributed by atoms with van der Waals surface area (Å²) in [5.41, 5.74) is 1.32. The predicted molar refractivity (Wildman–Crippen MR) is 118 cm³/mol. The van der Waals surface area contributed by atoms with Crippen LogP contribution >= 0.6 is 0 Å². The maximum absolute atomic E-state index is 12.6. The molecule has 34 heavy (non-hydrogen) atoms. The number of benzene rings is 3. The van der Waals surface area contributed by atoms with Crippen molar-refractivity contribution in [1.29, 1.82) is 0 Å². The van der Waals surface area contributed by atoms with Gasteiger partial charge in [-0.3, -0.25) is 4.79 Å². The van der Waals surface area contributed by atoms with Crippen LogP contribution in [0.15, 0.2) is 48.5 Å². The zero-order valence-corrected chi connectivity index (χ0v) is 18.1. The van der Waals surface area contributed by atoms with E-state index in [2.05, 4.69) is 0 Å². The summed E-state index contributed by atoms with van der Waals surface area (Å²) in [4.78, 5) is 12.6. The molecule has 3 aromatic rings. The summed E-state index contributed by atoms with van der Waals surface area (Å²) < 4.78 is 23.2. The monoisotopic (exact) mass is 466 g/mol. The number of ether oxygens (including phenoxy) is 4. The van der Waals surface area contributed by atoms with Crippen molar-refractivity contribution in [1.82, 2.24) is 0 Å². The summed E-state index contributed by atoms with van der Waals surface area (Å²) in [5, 5.41) is 39.6. The average Bonchev–Trinajstić information content (AvgIpc) is 2.82. The van der Waals surface area contributed by atoms with E-state index in [-0.39, 0.29) is 53.1 Å². The summed E-state index contributed by atoms with van der Waals surface area (Å²) in [6, 6.07) is 12.3. The molecule has 3 atom stereocenters. The van der Waals surface area contributed by atoms with Crippen LogP contribution in [0.5, 0.6) is 40.2 Å². The lowest BCUT2D eigenvalue weighted by Crippen LogP contribution is -2.36. The summed E-state index contributed by atoms with van der Waals surface area (Å²) in [6.07, 6.45) is -2.06. The maximum Gasteiger partial charge on any atom is 0.174 e. The summed E-state index contributed by atoms with van der Waals surface area (Å²) in [6.45, 7) is -0.331. The van der Waals surface area contributed by atoms with Crippen LogP contribution in [-0.2, 0) is 0 Å². The molecule has 3 aromatic carbocycles. The van der Waals surface area contributed by atoms with E-state index in [0.29, 0.717) is 22.6 Å². The van der Waals surface area contributed by atoms with Gasteiger partial charge in [0.05, 0.1) is 20.1 Å². The molecule has 176 valence electrons. The van der Waals surface area contributed by atoms with E-state index < -0.39 is 18.3 Å². The number of phenolic OH excluding ortho intramolecular Hbond substituents is 3. The lowest BCUT2D eigenvalue weighted by atomic mass is 9.95. The van der Waals surface area contributed by atoms with Gasteiger partial charge in [0.2, 0.25) is 0 Å². The Labute approximate surface area is 194 Å². The van der Waals surface area contributed by atoms with Gasteiger partial charge < -0.3 is 39.4 Å². The summed E-state index contributed by atoms with van der Waals surface area (Å²) in [7, 11) is 1.44. The number of rotatable bonds is 4. The van der Waals surface area contributed by atoms with E-state index in [9.17, 15) is 25.2 Å². The van der Waals surface area contributed by atoms with Crippen LogP contribution < -0.4 is 18.9 Å². The number of fused-ring (bicyclic) bond motifs is 2. The second kappa shape index (κ2) is 8.35. The summed E-state index contributed by atoms with van der Waals surface area (Å²) in [5.74, 6) is 0.311.